The van der Waals surface area contributed by atoms with Gasteiger partial charge in [-0.2, -0.15) is 15.2 Å². The molecule has 4 rings (SSSR count). The van der Waals surface area contributed by atoms with Crippen LogP contribution >= 0.6 is 11.6 Å². The monoisotopic (exact) mass is 465 g/mol. The number of benzene rings is 1. The molecule has 0 aliphatic carbocycles. The highest BCUT2D eigenvalue weighted by molar-refractivity contribution is 6.35. The van der Waals surface area contributed by atoms with Crippen LogP contribution < -0.4 is 22.3 Å². The van der Waals surface area contributed by atoms with E-state index in [9.17, 15) is 14.4 Å². The average molecular weight is 466 g/mol. The number of hydrogen-bond acceptors (Lipinski definition) is 9. The summed E-state index contributed by atoms with van der Waals surface area (Å²) in [4.78, 5) is 29.9. The van der Waals surface area contributed by atoms with Gasteiger partial charge >= 0.3 is 0 Å². The minimum atomic E-state index is -0.707. The van der Waals surface area contributed by atoms with Crippen LogP contribution in [0.3, 0.4) is 0 Å². The number of fused-ring (bicyclic) bond motifs is 1. The van der Waals surface area contributed by atoms with E-state index in [0.29, 0.717) is 12.1 Å². The lowest BCUT2D eigenvalue weighted by atomic mass is 10.1. The summed E-state index contributed by atoms with van der Waals surface area (Å²) >= 11 is 6.23. The lowest BCUT2D eigenvalue weighted by Gasteiger charge is -2.23. The van der Waals surface area contributed by atoms with Gasteiger partial charge in [0.2, 0.25) is 5.95 Å². The summed E-state index contributed by atoms with van der Waals surface area (Å²) in [7, 11) is 0. The number of nitrogens with two attached hydrogens (primary N) is 2. The van der Waals surface area contributed by atoms with Crippen LogP contribution in [0, 0.1) is 17.1 Å². The fourth-order valence-electron chi connectivity index (χ4n) is 3.43. The van der Waals surface area contributed by atoms with Crippen LogP contribution in [-0.2, 0) is 0 Å². The minimum absolute atomic E-state index is 0.0204. The molecule has 0 saturated carbocycles. The summed E-state index contributed by atoms with van der Waals surface area (Å²) < 4.78 is 16.0. The Balaban J connectivity index is 2.01. The van der Waals surface area contributed by atoms with Gasteiger partial charge < -0.3 is 16.8 Å². The third-order valence-electron chi connectivity index (χ3n) is 4.95. The summed E-state index contributed by atoms with van der Waals surface area (Å²) in [6.07, 6.45) is 3.39. The smallest absolute Gasteiger partial charge is 0.267 e. The lowest BCUT2D eigenvalue weighted by molar-refractivity contribution is 0.625. The second-order valence-corrected chi connectivity index (χ2v) is 7.39. The first-order valence-corrected chi connectivity index (χ1v) is 10.1. The molecule has 0 aliphatic rings. The molecule has 0 spiro atoms. The fourth-order valence-corrected chi connectivity index (χ4v) is 3.66. The first-order valence-electron chi connectivity index (χ1n) is 9.76. The van der Waals surface area contributed by atoms with E-state index in [1.807, 2.05) is 13.0 Å². The van der Waals surface area contributed by atoms with Crippen molar-refractivity contribution in [2.45, 2.75) is 19.4 Å². The molecular weight excluding hydrogens is 449 g/mol. The van der Waals surface area contributed by atoms with E-state index in [2.05, 4.69) is 25.3 Å². The summed E-state index contributed by atoms with van der Waals surface area (Å²) in [5.74, 6) is -0.722. The number of nitrogen functional groups attached to an aromatic ring is 2. The van der Waals surface area contributed by atoms with Crippen molar-refractivity contribution < 1.29 is 4.39 Å². The largest absolute Gasteiger partial charge is 0.382 e. The zero-order valence-electron chi connectivity index (χ0n) is 17.3. The van der Waals surface area contributed by atoms with E-state index in [4.69, 9.17) is 23.1 Å². The summed E-state index contributed by atoms with van der Waals surface area (Å²) in [5.41, 5.74) is 11.1. The van der Waals surface area contributed by atoms with Gasteiger partial charge in [-0.15, -0.1) is 0 Å². The van der Waals surface area contributed by atoms with Crippen molar-refractivity contribution in [1.82, 2.24) is 24.5 Å². The Morgan fingerprint density at radius 3 is 2.73 bits per heavy atom. The van der Waals surface area contributed by atoms with Crippen molar-refractivity contribution in [3.63, 3.8) is 0 Å². The number of pyridine rings is 1. The predicted molar refractivity (Wildman–Crippen MR) is 122 cm³/mol. The van der Waals surface area contributed by atoms with Crippen LogP contribution in [0.5, 0.6) is 0 Å². The van der Waals surface area contributed by atoms with Gasteiger partial charge in [-0.05, 0) is 30.7 Å². The molecule has 1 aromatic carbocycles. The number of anilines is 3. The Hall–Kier alpha value is -4.30. The van der Waals surface area contributed by atoms with Gasteiger partial charge in [-0.25, -0.2) is 9.37 Å². The molecule has 0 amide bonds. The quantitative estimate of drug-likeness (QED) is 0.402. The summed E-state index contributed by atoms with van der Waals surface area (Å²) in [5, 5.41) is 12.6. The van der Waals surface area contributed by atoms with Gasteiger partial charge in [0, 0.05) is 6.20 Å². The maximum absolute atomic E-state index is 14.7. The highest BCUT2D eigenvalue weighted by atomic mass is 35.5. The molecule has 12 heteroatoms. The molecule has 0 saturated heterocycles. The molecular formula is C21H17ClFN9O. The molecule has 3 heterocycles. The van der Waals surface area contributed by atoms with Crippen LogP contribution in [-0.4, -0.2) is 24.5 Å². The Kier molecular flexibility index (Phi) is 5.76. The van der Waals surface area contributed by atoms with E-state index < -0.39 is 17.4 Å². The molecule has 0 fully saturated rings. The number of aromatic nitrogens is 5. The van der Waals surface area contributed by atoms with Crippen molar-refractivity contribution >= 4 is 40.1 Å². The topological polar surface area (TPSA) is 161 Å². The molecule has 1 unspecified atom stereocenters. The van der Waals surface area contributed by atoms with Crippen LogP contribution in [0.1, 0.15) is 30.8 Å². The average Bonchev–Trinajstić information content (AvgIpc) is 2.80. The molecule has 166 valence electrons. The molecule has 0 aliphatic heterocycles. The number of halogens is 2. The van der Waals surface area contributed by atoms with E-state index in [0.717, 1.165) is 6.07 Å². The molecule has 0 bridgehead atoms. The van der Waals surface area contributed by atoms with Crippen LogP contribution in [0.4, 0.5) is 22.0 Å². The van der Waals surface area contributed by atoms with Crippen molar-refractivity contribution in [3.8, 4) is 11.8 Å². The Morgan fingerprint density at radius 1 is 1.27 bits per heavy atom. The Bertz CT molecular complexity index is 1470. The highest BCUT2D eigenvalue weighted by Crippen LogP contribution is 2.29. The van der Waals surface area contributed by atoms with Crippen molar-refractivity contribution in [3.05, 3.63) is 69.2 Å². The first-order chi connectivity index (χ1) is 15.8. The maximum Gasteiger partial charge on any atom is 0.267 e. The zero-order valence-corrected chi connectivity index (χ0v) is 18.0. The number of nitrogens with one attached hydrogen (secondary N) is 1. The third-order valence-corrected chi connectivity index (χ3v) is 5.27. The highest BCUT2D eigenvalue weighted by Gasteiger charge is 2.24. The molecule has 1 atom stereocenters. The second kappa shape index (κ2) is 8.68. The zero-order chi connectivity index (χ0) is 23.7. The predicted octanol–water partition coefficient (Wildman–Crippen LogP) is 2.96. The van der Waals surface area contributed by atoms with Gasteiger partial charge in [-0.3, -0.25) is 14.3 Å². The van der Waals surface area contributed by atoms with Crippen molar-refractivity contribution in [2.24, 2.45) is 0 Å². The normalized spacial score (nSPS) is 11.8. The lowest BCUT2D eigenvalue weighted by Crippen LogP contribution is -2.29. The fraction of sp³-hybridized carbons (Fsp3) is 0.143. The Morgan fingerprint density at radius 2 is 2.06 bits per heavy atom. The van der Waals surface area contributed by atoms with E-state index in [1.165, 1.54) is 16.8 Å². The van der Waals surface area contributed by atoms with Gasteiger partial charge in [0.25, 0.3) is 5.56 Å². The summed E-state index contributed by atoms with van der Waals surface area (Å²) in [6.45, 7) is 1.82. The number of nitriles is 1. The number of nitrogens with zero attached hydrogens (tertiary/aromatic N) is 6. The summed E-state index contributed by atoms with van der Waals surface area (Å²) in [6, 6.07) is 6.98. The van der Waals surface area contributed by atoms with Gasteiger partial charge in [0.1, 0.15) is 34.6 Å². The molecule has 5 N–H and O–H groups in total. The molecule has 10 nitrogen and oxygen atoms in total. The third kappa shape index (κ3) is 3.88. The van der Waals surface area contributed by atoms with Crippen LogP contribution in [0.2, 0.25) is 5.02 Å². The SMILES string of the molecule is CCC(Nc1nc(N)nc(N)c1C#N)c1nc2c(F)ccc(Cl)c2c(=O)n1-c1cccnc1. The van der Waals surface area contributed by atoms with Crippen molar-refractivity contribution in [1.29, 1.82) is 5.26 Å². The molecule has 0 radical (unpaired) electrons. The van der Waals surface area contributed by atoms with Crippen LogP contribution in [0.25, 0.3) is 16.6 Å². The second-order valence-electron chi connectivity index (χ2n) is 6.98. The number of rotatable bonds is 5. The van der Waals surface area contributed by atoms with E-state index in [-0.39, 0.29) is 44.9 Å². The van der Waals surface area contributed by atoms with Gasteiger partial charge in [0.05, 0.1) is 28.3 Å². The van der Waals surface area contributed by atoms with Crippen molar-refractivity contribution in [2.75, 3.05) is 16.8 Å². The molecule has 3 aromatic heterocycles. The minimum Gasteiger partial charge on any atom is -0.382 e. The van der Waals surface area contributed by atoms with E-state index in [1.54, 1.807) is 18.3 Å². The maximum atomic E-state index is 14.7. The standard InChI is InChI=1S/C21H17ClFN9O/c1-2-14(28-18-11(8-24)17(25)30-21(26)31-18)19-29-16-13(23)6-5-12(22)15(16)20(33)32(19)10-4-3-7-27-9-10/h3-7,9,14H,2H2,1H3,(H5,25,26,28,30,31). The first kappa shape index (κ1) is 21.9. The van der Waals surface area contributed by atoms with Crippen LogP contribution in [0.15, 0.2) is 41.5 Å². The van der Waals surface area contributed by atoms with E-state index >= 15 is 0 Å². The molecule has 4 aromatic rings. The van der Waals surface area contributed by atoms with Gasteiger partial charge in [-0.1, -0.05) is 18.5 Å². The Labute approximate surface area is 191 Å². The number of hydrogen-bond donors (Lipinski definition) is 3. The van der Waals surface area contributed by atoms with Gasteiger partial charge in [0.15, 0.2) is 5.82 Å². The molecule has 33 heavy (non-hydrogen) atoms.